The zero-order valence-corrected chi connectivity index (χ0v) is 12.1. The van der Waals surface area contributed by atoms with Crippen LogP contribution in [0.2, 0.25) is 0 Å². The first-order valence-electron chi connectivity index (χ1n) is 5.80. The van der Waals surface area contributed by atoms with E-state index in [1.54, 1.807) is 0 Å². The minimum Gasteiger partial charge on any atom is -0.367 e. The number of halogens is 2. The number of carbonyl (C=O) groups excluding carboxylic acids is 1. The highest BCUT2D eigenvalue weighted by molar-refractivity contribution is 9.10. The molecular weight excluding hydrogens is 301 g/mol. The number of amides is 1. The van der Waals surface area contributed by atoms with Gasteiger partial charge in [0, 0.05) is 30.2 Å². The number of hydrogen-bond acceptors (Lipinski definition) is 3. The van der Waals surface area contributed by atoms with Gasteiger partial charge in [0.2, 0.25) is 5.91 Å². The van der Waals surface area contributed by atoms with Gasteiger partial charge in [-0.25, -0.2) is 9.37 Å². The van der Waals surface area contributed by atoms with Gasteiger partial charge in [-0.15, -0.1) is 0 Å². The van der Waals surface area contributed by atoms with Gasteiger partial charge in [-0.2, -0.15) is 0 Å². The molecule has 2 N–H and O–H groups in total. The Kier molecular flexibility index (Phi) is 6.04. The summed E-state index contributed by atoms with van der Waals surface area (Å²) in [6, 6.07) is 1.33. The van der Waals surface area contributed by atoms with E-state index in [0.717, 1.165) is 0 Å². The lowest BCUT2D eigenvalue weighted by Gasteiger charge is -2.09. The Morgan fingerprint density at radius 2 is 2.28 bits per heavy atom. The number of carbonyl (C=O) groups is 1. The Morgan fingerprint density at radius 1 is 1.56 bits per heavy atom. The summed E-state index contributed by atoms with van der Waals surface area (Å²) in [4.78, 5) is 15.3. The second-order valence-corrected chi connectivity index (χ2v) is 5.27. The van der Waals surface area contributed by atoms with Crippen LogP contribution >= 0.6 is 15.9 Å². The first-order chi connectivity index (χ1) is 8.49. The van der Waals surface area contributed by atoms with Gasteiger partial charge in [-0.3, -0.25) is 4.79 Å². The molecule has 0 saturated carbocycles. The number of aromatic nitrogens is 1. The van der Waals surface area contributed by atoms with Gasteiger partial charge in [0.1, 0.15) is 0 Å². The summed E-state index contributed by atoms with van der Waals surface area (Å²) in [5.74, 6) is 0.100. The van der Waals surface area contributed by atoms with Gasteiger partial charge in [0.05, 0.1) is 0 Å². The molecule has 0 aromatic carbocycles. The van der Waals surface area contributed by atoms with Crippen LogP contribution in [0.25, 0.3) is 0 Å². The lowest BCUT2D eigenvalue weighted by atomic mass is 10.2. The molecule has 0 radical (unpaired) electrons. The molecule has 1 rings (SSSR count). The average Bonchev–Trinajstić information content (AvgIpc) is 2.29. The second kappa shape index (κ2) is 7.31. The van der Waals surface area contributed by atoms with Gasteiger partial charge in [0.15, 0.2) is 11.6 Å². The van der Waals surface area contributed by atoms with Gasteiger partial charge in [-0.1, -0.05) is 13.8 Å². The summed E-state index contributed by atoms with van der Waals surface area (Å²) in [6.07, 6.45) is 1.80. The molecule has 18 heavy (non-hydrogen) atoms. The van der Waals surface area contributed by atoms with Crippen LogP contribution in [-0.2, 0) is 4.79 Å². The van der Waals surface area contributed by atoms with E-state index in [9.17, 15) is 9.18 Å². The van der Waals surface area contributed by atoms with E-state index in [1.807, 2.05) is 13.8 Å². The second-order valence-electron chi connectivity index (χ2n) is 4.36. The SMILES string of the molecule is CC(C)CNC(=O)CCNc1ncc(Br)cc1F. The molecule has 1 amide bonds. The van der Waals surface area contributed by atoms with Gasteiger partial charge < -0.3 is 10.6 Å². The van der Waals surface area contributed by atoms with Crippen LogP contribution < -0.4 is 10.6 Å². The highest BCUT2D eigenvalue weighted by Gasteiger charge is 2.05. The third kappa shape index (κ3) is 5.44. The van der Waals surface area contributed by atoms with Crippen molar-refractivity contribution >= 4 is 27.7 Å². The number of pyridine rings is 1. The normalized spacial score (nSPS) is 10.5. The molecule has 0 atom stereocenters. The van der Waals surface area contributed by atoms with Gasteiger partial charge >= 0.3 is 0 Å². The molecule has 0 unspecified atom stereocenters. The van der Waals surface area contributed by atoms with E-state index >= 15 is 0 Å². The molecule has 0 spiro atoms. The fraction of sp³-hybridized carbons (Fsp3) is 0.500. The molecule has 100 valence electrons. The van der Waals surface area contributed by atoms with Crippen molar-refractivity contribution in [2.75, 3.05) is 18.4 Å². The maximum atomic E-state index is 13.4. The van der Waals surface area contributed by atoms with Gasteiger partial charge in [-0.05, 0) is 27.9 Å². The summed E-state index contributed by atoms with van der Waals surface area (Å²) >= 11 is 3.13. The van der Waals surface area contributed by atoms with Crippen molar-refractivity contribution in [3.8, 4) is 0 Å². The summed E-state index contributed by atoms with van der Waals surface area (Å²) in [5, 5.41) is 5.58. The van der Waals surface area contributed by atoms with Crippen molar-refractivity contribution in [3.05, 3.63) is 22.6 Å². The monoisotopic (exact) mass is 317 g/mol. The molecule has 0 saturated heterocycles. The third-order valence-corrected chi connectivity index (χ3v) is 2.59. The standard InChI is InChI=1S/C12H17BrFN3O/c1-8(2)6-16-11(18)3-4-15-12-10(14)5-9(13)7-17-12/h5,7-8H,3-4,6H2,1-2H3,(H,15,17)(H,16,18). The molecule has 1 aromatic rings. The first-order valence-corrected chi connectivity index (χ1v) is 6.60. The molecule has 4 nitrogen and oxygen atoms in total. The van der Waals surface area contributed by atoms with E-state index in [-0.39, 0.29) is 11.7 Å². The number of nitrogens with one attached hydrogen (secondary N) is 2. The van der Waals surface area contributed by atoms with Crippen molar-refractivity contribution in [3.63, 3.8) is 0 Å². The van der Waals surface area contributed by atoms with Crippen LogP contribution in [0, 0.1) is 11.7 Å². The lowest BCUT2D eigenvalue weighted by molar-refractivity contribution is -0.120. The van der Waals surface area contributed by atoms with Crippen molar-refractivity contribution in [2.24, 2.45) is 5.92 Å². The fourth-order valence-corrected chi connectivity index (χ4v) is 1.55. The lowest BCUT2D eigenvalue weighted by Crippen LogP contribution is -2.28. The number of nitrogens with zero attached hydrogens (tertiary/aromatic N) is 1. The van der Waals surface area contributed by atoms with Crippen LogP contribution in [0.15, 0.2) is 16.7 Å². The molecular formula is C12H17BrFN3O. The molecule has 1 aromatic heterocycles. The zero-order valence-electron chi connectivity index (χ0n) is 10.5. The van der Waals surface area contributed by atoms with Crippen molar-refractivity contribution < 1.29 is 9.18 Å². The molecule has 1 heterocycles. The molecule has 0 fully saturated rings. The van der Waals surface area contributed by atoms with Gasteiger partial charge in [0.25, 0.3) is 0 Å². The maximum absolute atomic E-state index is 13.4. The number of hydrogen-bond donors (Lipinski definition) is 2. The summed E-state index contributed by atoms with van der Waals surface area (Å²) in [7, 11) is 0. The Bertz CT molecular complexity index is 412. The van der Waals surface area contributed by atoms with Crippen LogP contribution in [0.1, 0.15) is 20.3 Å². The Labute approximate surface area is 114 Å². The molecule has 0 aliphatic rings. The van der Waals surface area contributed by atoms with E-state index in [1.165, 1.54) is 12.3 Å². The van der Waals surface area contributed by atoms with Crippen molar-refractivity contribution in [1.29, 1.82) is 0 Å². The predicted molar refractivity (Wildman–Crippen MR) is 72.8 cm³/mol. The minimum absolute atomic E-state index is 0.0475. The van der Waals surface area contributed by atoms with Crippen LogP contribution in [-0.4, -0.2) is 24.0 Å². The average molecular weight is 318 g/mol. The van der Waals surface area contributed by atoms with Crippen molar-refractivity contribution in [1.82, 2.24) is 10.3 Å². The topological polar surface area (TPSA) is 54.0 Å². The van der Waals surface area contributed by atoms with E-state index in [2.05, 4.69) is 31.5 Å². The zero-order chi connectivity index (χ0) is 13.5. The largest absolute Gasteiger partial charge is 0.367 e. The number of rotatable bonds is 6. The first kappa shape index (κ1) is 14.9. The summed E-state index contributed by atoms with van der Waals surface area (Å²) in [5.41, 5.74) is 0. The van der Waals surface area contributed by atoms with Crippen LogP contribution in [0.5, 0.6) is 0 Å². The molecule has 0 bridgehead atoms. The quantitative estimate of drug-likeness (QED) is 0.847. The minimum atomic E-state index is -0.438. The van der Waals surface area contributed by atoms with Crippen molar-refractivity contribution in [2.45, 2.75) is 20.3 Å². The molecule has 6 heteroatoms. The molecule has 0 aliphatic carbocycles. The summed E-state index contributed by atoms with van der Waals surface area (Å²) in [6.45, 7) is 5.07. The van der Waals surface area contributed by atoms with E-state index < -0.39 is 5.82 Å². The van der Waals surface area contributed by atoms with Crippen LogP contribution in [0.4, 0.5) is 10.2 Å². The third-order valence-electron chi connectivity index (χ3n) is 2.16. The van der Waals surface area contributed by atoms with E-state index in [0.29, 0.717) is 29.9 Å². The Hall–Kier alpha value is -1.17. The Morgan fingerprint density at radius 3 is 2.89 bits per heavy atom. The molecule has 0 aliphatic heterocycles. The predicted octanol–water partition coefficient (Wildman–Crippen LogP) is 2.56. The van der Waals surface area contributed by atoms with E-state index in [4.69, 9.17) is 0 Å². The smallest absolute Gasteiger partial charge is 0.221 e. The fourth-order valence-electron chi connectivity index (χ4n) is 1.25. The highest BCUT2D eigenvalue weighted by atomic mass is 79.9. The maximum Gasteiger partial charge on any atom is 0.221 e. The number of anilines is 1. The summed E-state index contributed by atoms with van der Waals surface area (Å²) < 4.78 is 14.0. The highest BCUT2D eigenvalue weighted by Crippen LogP contribution is 2.15. The van der Waals surface area contributed by atoms with Crippen LogP contribution in [0.3, 0.4) is 0 Å². The Balaban J connectivity index is 2.31.